The quantitative estimate of drug-likeness (QED) is 0.731. The number of nitrogens with two attached hydrogens (primary N) is 1. The highest BCUT2D eigenvalue weighted by molar-refractivity contribution is 9.10. The molecule has 0 saturated heterocycles. The van der Waals surface area contributed by atoms with Gasteiger partial charge in [-0.2, -0.15) is 0 Å². The summed E-state index contributed by atoms with van der Waals surface area (Å²) in [5.41, 5.74) is 5.08. The molecule has 4 amide bonds. The molecule has 0 spiro atoms. The maximum Gasteiger partial charge on any atom is 0.319 e. The van der Waals surface area contributed by atoms with Crippen molar-refractivity contribution in [2.24, 2.45) is 5.73 Å². The van der Waals surface area contributed by atoms with Crippen LogP contribution in [0.4, 0.5) is 9.80 Å². The summed E-state index contributed by atoms with van der Waals surface area (Å²) >= 11 is 4.30. The smallest absolute Gasteiger partial charge is 0.319 e. The molecule has 1 rings (SSSR count). The van der Waals surface area contributed by atoms with Gasteiger partial charge in [0.25, 0.3) is 5.91 Å². The Labute approximate surface area is 110 Å². The van der Waals surface area contributed by atoms with Crippen molar-refractivity contribution < 1.29 is 14.4 Å². The summed E-state index contributed by atoms with van der Waals surface area (Å²) in [5.74, 6) is -0.810. The summed E-state index contributed by atoms with van der Waals surface area (Å²) in [4.78, 5) is 32.9. The summed E-state index contributed by atoms with van der Waals surface area (Å²) in [5, 5.41) is 6.58. The zero-order chi connectivity index (χ0) is 13.0. The van der Waals surface area contributed by atoms with Crippen LogP contribution in [-0.4, -0.2) is 22.7 Å². The molecule has 0 aliphatic heterocycles. The molecule has 1 heterocycles. The number of anilines is 1. The van der Waals surface area contributed by atoms with Gasteiger partial charge in [0.1, 0.15) is 0 Å². The Bertz CT molecular complexity index is 458. The summed E-state index contributed by atoms with van der Waals surface area (Å²) in [7, 11) is 0. The molecule has 0 unspecified atom stereocenters. The standard InChI is InChI=1S/C9H10BrN3O3S/c1-4(10)7(14)12-6-2-5(3-17-6)8(15)13-9(11)16/h2-4H,1H3,(H,12,14)(H3,11,13,15,16)/t4-/m0/s1. The van der Waals surface area contributed by atoms with Crippen molar-refractivity contribution in [3.63, 3.8) is 0 Å². The highest BCUT2D eigenvalue weighted by Crippen LogP contribution is 2.21. The molecule has 6 nitrogen and oxygen atoms in total. The summed E-state index contributed by atoms with van der Waals surface area (Å²) < 4.78 is 0. The molecule has 0 saturated carbocycles. The lowest BCUT2D eigenvalue weighted by Crippen LogP contribution is -2.34. The van der Waals surface area contributed by atoms with Crippen LogP contribution in [0.15, 0.2) is 11.4 Å². The predicted molar refractivity (Wildman–Crippen MR) is 68.4 cm³/mol. The second-order valence-corrected chi connectivity index (χ2v) is 5.41. The highest BCUT2D eigenvalue weighted by Gasteiger charge is 2.13. The number of halogens is 1. The first-order valence-corrected chi connectivity index (χ1v) is 6.34. The number of carbonyl (C=O) groups excluding carboxylic acids is 3. The Morgan fingerprint density at radius 1 is 1.47 bits per heavy atom. The molecule has 92 valence electrons. The lowest BCUT2D eigenvalue weighted by atomic mass is 10.3. The molecule has 0 radical (unpaired) electrons. The van der Waals surface area contributed by atoms with Crippen LogP contribution in [0, 0.1) is 0 Å². The Morgan fingerprint density at radius 3 is 2.65 bits per heavy atom. The molecule has 0 aliphatic rings. The van der Waals surface area contributed by atoms with E-state index in [1.165, 1.54) is 22.8 Å². The Balaban J connectivity index is 2.68. The van der Waals surface area contributed by atoms with Gasteiger partial charge in [-0.15, -0.1) is 11.3 Å². The number of carbonyl (C=O) groups is 3. The number of rotatable bonds is 3. The van der Waals surface area contributed by atoms with Gasteiger partial charge in [-0.3, -0.25) is 14.9 Å². The molecule has 1 aromatic rings. The number of hydrogen-bond acceptors (Lipinski definition) is 4. The summed E-state index contributed by atoms with van der Waals surface area (Å²) in [6, 6.07) is 0.553. The summed E-state index contributed by atoms with van der Waals surface area (Å²) in [6.07, 6.45) is 0. The van der Waals surface area contributed by atoms with Gasteiger partial charge in [-0.1, -0.05) is 15.9 Å². The SMILES string of the molecule is C[C@H](Br)C(=O)Nc1cc(C(=O)NC(N)=O)cs1. The molecule has 1 atom stereocenters. The first kappa shape index (κ1) is 13.7. The van der Waals surface area contributed by atoms with E-state index in [1.807, 2.05) is 5.32 Å². The minimum absolute atomic E-state index is 0.214. The van der Waals surface area contributed by atoms with Crippen LogP contribution in [0.25, 0.3) is 0 Å². The Kier molecular flexibility index (Phi) is 4.64. The molecule has 0 fully saturated rings. The van der Waals surface area contributed by atoms with Crippen LogP contribution in [-0.2, 0) is 4.79 Å². The second-order valence-electron chi connectivity index (χ2n) is 3.12. The summed E-state index contributed by atoms with van der Waals surface area (Å²) in [6.45, 7) is 1.68. The maximum absolute atomic E-state index is 11.4. The van der Waals surface area contributed by atoms with Gasteiger partial charge >= 0.3 is 6.03 Å². The third-order valence-electron chi connectivity index (χ3n) is 1.71. The topological polar surface area (TPSA) is 101 Å². The van der Waals surface area contributed by atoms with Crippen LogP contribution < -0.4 is 16.4 Å². The van der Waals surface area contributed by atoms with Gasteiger partial charge in [0.05, 0.1) is 15.4 Å². The lowest BCUT2D eigenvalue weighted by molar-refractivity contribution is -0.115. The number of primary amides is 1. The second kappa shape index (κ2) is 5.78. The average molecular weight is 320 g/mol. The van der Waals surface area contributed by atoms with Crippen molar-refractivity contribution >= 4 is 50.1 Å². The number of imide groups is 1. The Hall–Kier alpha value is -1.41. The zero-order valence-electron chi connectivity index (χ0n) is 8.82. The number of amides is 4. The molecule has 17 heavy (non-hydrogen) atoms. The molecule has 8 heteroatoms. The fraction of sp³-hybridized carbons (Fsp3) is 0.222. The van der Waals surface area contributed by atoms with Crippen LogP contribution in [0.3, 0.4) is 0 Å². The van der Waals surface area contributed by atoms with E-state index in [-0.39, 0.29) is 16.3 Å². The van der Waals surface area contributed by atoms with E-state index in [0.717, 1.165) is 0 Å². The molecule has 1 aromatic heterocycles. The number of nitrogens with one attached hydrogen (secondary N) is 2. The molecule has 4 N–H and O–H groups in total. The van der Waals surface area contributed by atoms with Gasteiger partial charge in [-0.25, -0.2) is 4.79 Å². The van der Waals surface area contributed by atoms with Gasteiger partial charge in [0.2, 0.25) is 5.91 Å². The zero-order valence-corrected chi connectivity index (χ0v) is 11.2. The van der Waals surface area contributed by atoms with Gasteiger partial charge < -0.3 is 11.1 Å². The maximum atomic E-state index is 11.4. The highest BCUT2D eigenvalue weighted by atomic mass is 79.9. The van der Waals surface area contributed by atoms with E-state index < -0.39 is 11.9 Å². The first-order valence-electron chi connectivity index (χ1n) is 4.54. The number of thiophene rings is 1. The van der Waals surface area contributed by atoms with Gasteiger partial charge in [-0.05, 0) is 13.0 Å². The van der Waals surface area contributed by atoms with Crippen LogP contribution >= 0.6 is 27.3 Å². The van der Waals surface area contributed by atoms with Crippen LogP contribution in [0.5, 0.6) is 0 Å². The van der Waals surface area contributed by atoms with Crippen molar-refractivity contribution in [1.29, 1.82) is 0 Å². The van der Waals surface area contributed by atoms with E-state index in [1.54, 1.807) is 6.92 Å². The van der Waals surface area contributed by atoms with E-state index in [4.69, 9.17) is 5.73 Å². The molecular weight excluding hydrogens is 310 g/mol. The number of hydrogen-bond donors (Lipinski definition) is 3. The van der Waals surface area contributed by atoms with E-state index in [9.17, 15) is 14.4 Å². The molecule has 0 bridgehead atoms. The average Bonchev–Trinajstić information content (AvgIpc) is 2.65. The normalized spacial score (nSPS) is 11.6. The minimum atomic E-state index is -0.916. The number of alkyl halides is 1. The fourth-order valence-corrected chi connectivity index (χ4v) is 1.82. The van der Waals surface area contributed by atoms with Crippen molar-refractivity contribution in [3.8, 4) is 0 Å². The van der Waals surface area contributed by atoms with E-state index in [2.05, 4.69) is 21.2 Å². The van der Waals surface area contributed by atoms with Crippen molar-refractivity contribution in [3.05, 3.63) is 17.0 Å². The van der Waals surface area contributed by atoms with E-state index in [0.29, 0.717) is 5.00 Å². The third-order valence-corrected chi connectivity index (χ3v) is 2.97. The largest absolute Gasteiger partial charge is 0.351 e. The fourth-order valence-electron chi connectivity index (χ4n) is 0.926. The van der Waals surface area contributed by atoms with Crippen molar-refractivity contribution in [2.45, 2.75) is 11.8 Å². The molecule has 0 aliphatic carbocycles. The minimum Gasteiger partial charge on any atom is -0.351 e. The number of urea groups is 1. The third kappa shape index (κ3) is 4.16. The van der Waals surface area contributed by atoms with Crippen molar-refractivity contribution in [1.82, 2.24) is 5.32 Å². The lowest BCUT2D eigenvalue weighted by Gasteiger charge is -2.02. The Morgan fingerprint density at radius 2 is 2.12 bits per heavy atom. The van der Waals surface area contributed by atoms with Crippen LogP contribution in [0.1, 0.15) is 17.3 Å². The predicted octanol–water partition coefficient (Wildman–Crippen LogP) is 1.28. The molecule has 0 aromatic carbocycles. The monoisotopic (exact) mass is 319 g/mol. The van der Waals surface area contributed by atoms with Crippen LogP contribution in [0.2, 0.25) is 0 Å². The van der Waals surface area contributed by atoms with E-state index >= 15 is 0 Å². The van der Waals surface area contributed by atoms with Crippen molar-refractivity contribution in [2.75, 3.05) is 5.32 Å². The van der Waals surface area contributed by atoms with Gasteiger partial charge in [0, 0.05) is 5.38 Å². The first-order chi connectivity index (χ1) is 7.90. The molecular formula is C9H10BrN3O3S. The van der Waals surface area contributed by atoms with Gasteiger partial charge in [0.15, 0.2) is 0 Å².